The number of nitrogens with two attached hydrogens (primary N) is 1. The zero-order chi connectivity index (χ0) is 12.6. The SMILES string of the molecule is CN(N)S(=O)(=O)c1ccc(C(F)(F)F)cc1. The summed E-state index contributed by atoms with van der Waals surface area (Å²) in [6, 6.07) is 3.11. The van der Waals surface area contributed by atoms with Crippen molar-refractivity contribution in [2.24, 2.45) is 5.84 Å². The first-order valence-corrected chi connectivity index (χ1v) is 5.50. The molecular weight excluding hydrogens is 245 g/mol. The average Bonchev–Trinajstić information content (AvgIpc) is 2.16. The molecular formula is C8H9F3N2O2S. The van der Waals surface area contributed by atoms with E-state index in [9.17, 15) is 21.6 Å². The largest absolute Gasteiger partial charge is 0.416 e. The minimum absolute atomic E-state index is 0.287. The van der Waals surface area contributed by atoms with Gasteiger partial charge in [0.25, 0.3) is 10.0 Å². The number of rotatable bonds is 2. The van der Waals surface area contributed by atoms with Gasteiger partial charge in [0.2, 0.25) is 0 Å². The molecule has 4 nitrogen and oxygen atoms in total. The quantitative estimate of drug-likeness (QED) is 0.637. The van der Waals surface area contributed by atoms with Crippen LogP contribution in [0.2, 0.25) is 0 Å². The lowest BCUT2D eigenvalue weighted by atomic mass is 10.2. The molecule has 0 unspecified atom stereocenters. The van der Waals surface area contributed by atoms with Gasteiger partial charge < -0.3 is 0 Å². The highest BCUT2D eigenvalue weighted by molar-refractivity contribution is 7.89. The number of nitrogens with zero attached hydrogens (tertiary/aromatic N) is 1. The van der Waals surface area contributed by atoms with Crippen molar-refractivity contribution in [3.8, 4) is 0 Å². The fourth-order valence-corrected chi connectivity index (χ4v) is 1.79. The summed E-state index contributed by atoms with van der Waals surface area (Å²) >= 11 is 0. The Labute approximate surface area is 90.5 Å². The number of alkyl halides is 3. The van der Waals surface area contributed by atoms with Crippen molar-refractivity contribution in [1.29, 1.82) is 0 Å². The van der Waals surface area contributed by atoms with Crippen LogP contribution in [0.4, 0.5) is 13.2 Å². The molecule has 0 heterocycles. The number of hydrogen-bond acceptors (Lipinski definition) is 3. The molecule has 0 aromatic heterocycles. The van der Waals surface area contributed by atoms with Crippen molar-refractivity contribution >= 4 is 10.0 Å². The minimum atomic E-state index is -4.49. The standard InChI is InChI=1S/C8H9F3N2O2S/c1-13(12)16(14,15)7-4-2-6(3-5-7)8(9,10)11/h2-5H,12H2,1H3. The maximum absolute atomic E-state index is 12.2. The lowest BCUT2D eigenvalue weighted by molar-refractivity contribution is -0.137. The van der Waals surface area contributed by atoms with Crippen LogP contribution in [-0.2, 0) is 16.2 Å². The Morgan fingerprint density at radius 2 is 1.62 bits per heavy atom. The molecule has 0 spiro atoms. The van der Waals surface area contributed by atoms with Crippen LogP contribution in [0.25, 0.3) is 0 Å². The zero-order valence-corrected chi connectivity index (χ0v) is 9.01. The monoisotopic (exact) mass is 254 g/mol. The molecule has 1 aromatic carbocycles. The topological polar surface area (TPSA) is 63.4 Å². The van der Waals surface area contributed by atoms with Gasteiger partial charge in [-0.05, 0) is 24.3 Å². The maximum atomic E-state index is 12.2. The Morgan fingerprint density at radius 3 is 1.94 bits per heavy atom. The molecule has 0 radical (unpaired) electrons. The van der Waals surface area contributed by atoms with Crippen molar-refractivity contribution in [2.45, 2.75) is 11.1 Å². The Kier molecular flexibility index (Phi) is 3.27. The molecule has 0 aliphatic rings. The third-order valence-electron chi connectivity index (χ3n) is 1.86. The first-order chi connectivity index (χ1) is 7.15. The summed E-state index contributed by atoms with van der Waals surface area (Å²) in [6.45, 7) is 0. The molecule has 16 heavy (non-hydrogen) atoms. The first-order valence-electron chi connectivity index (χ1n) is 4.06. The Morgan fingerprint density at radius 1 is 1.19 bits per heavy atom. The molecule has 8 heteroatoms. The van der Waals surface area contributed by atoms with Crippen molar-refractivity contribution in [2.75, 3.05) is 7.05 Å². The summed E-state index contributed by atoms with van der Waals surface area (Å²) in [5.74, 6) is 5.05. The van der Waals surface area contributed by atoms with Gasteiger partial charge in [-0.25, -0.2) is 8.42 Å². The van der Waals surface area contributed by atoms with Crippen LogP contribution in [0.5, 0.6) is 0 Å². The van der Waals surface area contributed by atoms with Gasteiger partial charge in [-0.2, -0.15) is 13.2 Å². The molecule has 2 N–H and O–H groups in total. The molecule has 0 aliphatic heterocycles. The van der Waals surface area contributed by atoms with E-state index in [4.69, 9.17) is 5.84 Å². The number of hydrogen-bond donors (Lipinski definition) is 1. The van der Waals surface area contributed by atoms with Crippen molar-refractivity contribution in [1.82, 2.24) is 4.41 Å². The number of hydrazine groups is 1. The third kappa shape index (κ3) is 2.52. The van der Waals surface area contributed by atoms with E-state index < -0.39 is 21.8 Å². The zero-order valence-electron chi connectivity index (χ0n) is 8.19. The van der Waals surface area contributed by atoms with Crippen molar-refractivity contribution < 1.29 is 21.6 Å². The molecule has 0 atom stereocenters. The maximum Gasteiger partial charge on any atom is 0.416 e. The Balaban J connectivity index is 3.15. The molecule has 1 aromatic rings. The van der Waals surface area contributed by atoms with E-state index in [-0.39, 0.29) is 4.90 Å². The van der Waals surface area contributed by atoms with Crippen LogP contribution in [0.1, 0.15) is 5.56 Å². The molecule has 1 rings (SSSR count). The second-order valence-electron chi connectivity index (χ2n) is 3.04. The molecule has 0 aliphatic carbocycles. The summed E-state index contributed by atoms with van der Waals surface area (Å²) < 4.78 is 59.8. The molecule has 0 saturated carbocycles. The van der Waals surface area contributed by atoms with Gasteiger partial charge in [0.05, 0.1) is 10.5 Å². The number of halogens is 3. The summed E-state index contributed by atoms with van der Waals surface area (Å²) in [5.41, 5.74) is -0.911. The molecule has 0 fully saturated rings. The Hall–Kier alpha value is -1.12. The molecule has 90 valence electrons. The fraction of sp³-hybridized carbons (Fsp3) is 0.250. The van der Waals surface area contributed by atoms with E-state index in [0.717, 1.165) is 19.2 Å². The minimum Gasteiger partial charge on any atom is -0.255 e. The summed E-state index contributed by atoms with van der Waals surface area (Å²) in [6.07, 6.45) is -4.49. The van der Waals surface area contributed by atoms with Gasteiger partial charge in [0, 0.05) is 7.05 Å². The Bertz CT molecular complexity index is 465. The summed E-state index contributed by atoms with van der Waals surface area (Å²) in [4.78, 5) is -0.287. The highest BCUT2D eigenvalue weighted by atomic mass is 32.2. The van der Waals surface area contributed by atoms with E-state index in [2.05, 4.69) is 0 Å². The smallest absolute Gasteiger partial charge is 0.255 e. The van der Waals surface area contributed by atoms with Gasteiger partial charge in [-0.1, -0.05) is 0 Å². The van der Waals surface area contributed by atoms with Crippen LogP contribution >= 0.6 is 0 Å². The van der Waals surface area contributed by atoms with E-state index >= 15 is 0 Å². The molecule has 0 saturated heterocycles. The van der Waals surface area contributed by atoms with Gasteiger partial charge in [0.1, 0.15) is 0 Å². The number of sulfonamides is 1. The van der Waals surface area contributed by atoms with Gasteiger partial charge in [0.15, 0.2) is 0 Å². The lowest BCUT2D eigenvalue weighted by Gasteiger charge is -2.12. The van der Waals surface area contributed by atoms with Crippen LogP contribution < -0.4 is 5.84 Å². The predicted octanol–water partition coefficient (Wildman–Crippen LogP) is 1.20. The van der Waals surface area contributed by atoms with Gasteiger partial charge >= 0.3 is 6.18 Å². The van der Waals surface area contributed by atoms with Gasteiger partial charge in [-0.3, -0.25) is 5.84 Å². The predicted molar refractivity (Wildman–Crippen MR) is 50.6 cm³/mol. The summed E-state index contributed by atoms with van der Waals surface area (Å²) in [7, 11) is -2.81. The lowest BCUT2D eigenvalue weighted by Crippen LogP contribution is -2.33. The fourth-order valence-electron chi connectivity index (χ4n) is 0.982. The second kappa shape index (κ2) is 4.04. The van der Waals surface area contributed by atoms with E-state index in [0.29, 0.717) is 16.5 Å². The van der Waals surface area contributed by atoms with Crippen LogP contribution in [0, 0.1) is 0 Å². The van der Waals surface area contributed by atoms with Crippen molar-refractivity contribution in [3.05, 3.63) is 29.8 Å². The molecule has 0 amide bonds. The highest BCUT2D eigenvalue weighted by Crippen LogP contribution is 2.29. The van der Waals surface area contributed by atoms with E-state index in [1.807, 2.05) is 0 Å². The van der Waals surface area contributed by atoms with Gasteiger partial charge in [-0.15, -0.1) is 4.41 Å². The average molecular weight is 254 g/mol. The highest BCUT2D eigenvalue weighted by Gasteiger charge is 2.30. The normalized spacial score (nSPS) is 13.1. The van der Waals surface area contributed by atoms with E-state index in [1.54, 1.807) is 0 Å². The van der Waals surface area contributed by atoms with Crippen molar-refractivity contribution in [3.63, 3.8) is 0 Å². The third-order valence-corrected chi connectivity index (χ3v) is 3.48. The summed E-state index contributed by atoms with van der Waals surface area (Å²) in [5, 5.41) is 0. The van der Waals surface area contributed by atoms with Crippen LogP contribution in [0.3, 0.4) is 0 Å². The van der Waals surface area contributed by atoms with Crippen LogP contribution in [-0.4, -0.2) is 19.9 Å². The molecule has 0 bridgehead atoms. The first kappa shape index (κ1) is 12.9. The van der Waals surface area contributed by atoms with Crippen LogP contribution in [0.15, 0.2) is 29.2 Å². The number of benzene rings is 1. The van der Waals surface area contributed by atoms with E-state index in [1.165, 1.54) is 0 Å². The second-order valence-corrected chi connectivity index (χ2v) is 5.04.